The summed E-state index contributed by atoms with van der Waals surface area (Å²) < 4.78 is 10.8. The van der Waals surface area contributed by atoms with Crippen LogP contribution in [-0.2, 0) is 22.4 Å². The van der Waals surface area contributed by atoms with E-state index in [0.717, 1.165) is 11.1 Å². The largest absolute Gasteiger partial charge is 0.508 e. The van der Waals surface area contributed by atoms with Crippen LogP contribution in [0.5, 0.6) is 5.75 Å². The van der Waals surface area contributed by atoms with Gasteiger partial charge in [-0.2, -0.15) is 0 Å². The van der Waals surface area contributed by atoms with Crippen LogP contribution in [-0.4, -0.2) is 57.3 Å². The summed E-state index contributed by atoms with van der Waals surface area (Å²) in [6.45, 7) is 10.8. The number of alkyl carbamates (subject to hydrolysis) is 1. The van der Waals surface area contributed by atoms with Gasteiger partial charge in [0, 0.05) is 13.1 Å². The number of aliphatic hydroxyl groups excluding tert-OH is 1. The van der Waals surface area contributed by atoms with Crippen LogP contribution < -0.4 is 10.7 Å². The number of ether oxygens (including phenoxy) is 2. The number of nitrogens with one attached hydrogen (secondary N) is 2. The number of hydrogen-bond acceptors (Lipinski definition) is 7. The molecule has 0 radical (unpaired) electrons. The Morgan fingerprint density at radius 1 is 0.861 bits per heavy atom. The highest BCUT2D eigenvalue weighted by Crippen LogP contribution is 2.15. The van der Waals surface area contributed by atoms with Gasteiger partial charge in [0.05, 0.1) is 12.1 Å². The van der Waals surface area contributed by atoms with Gasteiger partial charge in [-0.3, -0.25) is 5.43 Å². The molecule has 2 rings (SSSR count). The molecule has 0 heterocycles. The van der Waals surface area contributed by atoms with E-state index in [0.29, 0.717) is 6.42 Å². The van der Waals surface area contributed by atoms with E-state index in [4.69, 9.17) is 9.47 Å². The summed E-state index contributed by atoms with van der Waals surface area (Å²) in [5.74, 6) is 0.120. The minimum absolute atomic E-state index is 0.0204. The molecular formula is C27H39N3O6. The Morgan fingerprint density at radius 3 is 1.97 bits per heavy atom. The molecule has 0 aliphatic rings. The lowest BCUT2D eigenvalue weighted by Gasteiger charge is -2.31. The smallest absolute Gasteiger partial charge is 0.422 e. The lowest BCUT2D eigenvalue weighted by Crippen LogP contribution is -2.54. The topological polar surface area (TPSA) is 120 Å². The molecule has 0 fully saturated rings. The SMILES string of the molecule is CC(C)(C)OC(=O)N[C@@H](Cc1ccccc1)[C@@H](O)CN(Cc1ccc(O)cc1)NC(=O)OC(C)(C)C. The zero-order chi connectivity index (χ0) is 26.9. The summed E-state index contributed by atoms with van der Waals surface area (Å²) in [6.07, 6.45) is -2.05. The van der Waals surface area contributed by atoms with Crippen LogP contribution in [0.25, 0.3) is 0 Å². The highest BCUT2D eigenvalue weighted by Gasteiger charge is 2.28. The second-order valence-corrected chi connectivity index (χ2v) is 10.7. The molecule has 0 saturated carbocycles. The Bertz CT molecular complexity index is 968. The fraction of sp³-hybridized carbons (Fsp3) is 0.481. The summed E-state index contributed by atoms with van der Waals surface area (Å²) in [5, 5.41) is 25.1. The quantitative estimate of drug-likeness (QED) is 0.381. The number of aliphatic hydroxyl groups is 1. The number of nitrogens with zero attached hydrogens (tertiary/aromatic N) is 1. The maximum atomic E-state index is 12.5. The van der Waals surface area contributed by atoms with Crippen LogP contribution >= 0.6 is 0 Å². The first-order valence-corrected chi connectivity index (χ1v) is 11.9. The molecule has 0 spiro atoms. The number of benzene rings is 2. The van der Waals surface area contributed by atoms with Crippen LogP contribution in [0.1, 0.15) is 52.7 Å². The summed E-state index contributed by atoms with van der Waals surface area (Å²) in [5.41, 5.74) is 2.98. The minimum Gasteiger partial charge on any atom is -0.508 e. The second-order valence-electron chi connectivity index (χ2n) is 10.7. The van der Waals surface area contributed by atoms with Crippen LogP contribution in [0, 0.1) is 0 Å². The van der Waals surface area contributed by atoms with Gasteiger partial charge in [0.1, 0.15) is 17.0 Å². The fourth-order valence-electron chi connectivity index (χ4n) is 3.36. The third-order valence-corrected chi connectivity index (χ3v) is 4.83. The standard InChI is InChI=1S/C27H39N3O6/c1-26(2,3)35-24(33)28-22(16-19-10-8-7-9-11-19)23(32)18-30(29-25(34)36-27(4,5)6)17-20-12-14-21(31)15-13-20/h7-15,22-23,31-32H,16-18H2,1-6H3,(H,28,33)(H,29,34)/t22-,23-/m0/s1. The van der Waals surface area contributed by atoms with Crippen molar-refractivity contribution in [1.82, 2.24) is 15.8 Å². The fourth-order valence-corrected chi connectivity index (χ4v) is 3.36. The molecule has 0 saturated heterocycles. The molecule has 2 aromatic rings. The van der Waals surface area contributed by atoms with Crippen molar-refractivity contribution < 1.29 is 29.3 Å². The van der Waals surface area contributed by atoms with Gasteiger partial charge in [-0.05, 0) is 71.2 Å². The summed E-state index contributed by atoms with van der Waals surface area (Å²) in [6, 6.07) is 15.3. The summed E-state index contributed by atoms with van der Waals surface area (Å²) in [7, 11) is 0. The number of aromatic hydroxyl groups is 1. The molecule has 0 aliphatic carbocycles. The number of carbonyl (C=O) groups excluding carboxylic acids is 2. The van der Waals surface area contributed by atoms with Gasteiger partial charge < -0.3 is 25.0 Å². The number of amides is 2. The van der Waals surface area contributed by atoms with Gasteiger partial charge in [0.2, 0.25) is 0 Å². The molecule has 9 heteroatoms. The monoisotopic (exact) mass is 501 g/mol. The van der Waals surface area contributed by atoms with Gasteiger partial charge in [-0.25, -0.2) is 14.6 Å². The average molecular weight is 502 g/mol. The first-order chi connectivity index (χ1) is 16.7. The van der Waals surface area contributed by atoms with E-state index in [1.807, 2.05) is 30.3 Å². The third-order valence-electron chi connectivity index (χ3n) is 4.83. The third kappa shape index (κ3) is 11.4. The molecule has 9 nitrogen and oxygen atoms in total. The Hall–Kier alpha value is -3.30. The van der Waals surface area contributed by atoms with Gasteiger partial charge in [-0.1, -0.05) is 42.5 Å². The maximum Gasteiger partial charge on any atom is 0.422 e. The highest BCUT2D eigenvalue weighted by molar-refractivity contribution is 5.68. The van der Waals surface area contributed by atoms with Crippen molar-refractivity contribution in [1.29, 1.82) is 0 Å². The van der Waals surface area contributed by atoms with Crippen LogP contribution in [0.15, 0.2) is 54.6 Å². The van der Waals surface area contributed by atoms with E-state index in [1.165, 1.54) is 5.01 Å². The minimum atomic E-state index is -1.08. The first-order valence-electron chi connectivity index (χ1n) is 11.9. The maximum absolute atomic E-state index is 12.5. The molecule has 198 valence electrons. The van der Waals surface area contributed by atoms with Crippen molar-refractivity contribution in [3.05, 3.63) is 65.7 Å². The highest BCUT2D eigenvalue weighted by atomic mass is 16.6. The number of rotatable bonds is 9. The molecule has 0 aromatic heterocycles. The summed E-state index contributed by atoms with van der Waals surface area (Å²) in [4.78, 5) is 25.0. The number of hydrazine groups is 1. The van der Waals surface area contributed by atoms with Gasteiger partial charge in [0.15, 0.2) is 0 Å². The van der Waals surface area contributed by atoms with Crippen LogP contribution in [0.4, 0.5) is 9.59 Å². The number of phenols is 1. The lowest BCUT2D eigenvalue weighted by molar-refractivity contribution is 0.0105. The molecule has 2 amide bonds. The average Bonchev–Trinajstić information content (AvgIpc) is 2.73. The van der Waals surface area contributed by atoms with Crippen LogP contribution in [0.2, 0.25) is 0 Å². The summed E-state index contributed by atoms with van der Waals surface area (Å²) >= 11 is 0. The van der Waals surface area contributed by atoms with Gasteiger partial charge in [-0.15, -0.1) is 0 Å². The Morgan fingerprint density at radius 2 is 1.42 bits per heavy atom. The normalized spacial score (nSPS) is 13.6. The van der Waals surface area contributed by atoms with E-state index in [2.05, 4.69) is 10.7 Å². The zero-order valence-electron chi connectivity index (χ0n) is 21.9. The van der Waals surface area contributed by atoms with Gasteiger partial charge in [0.25, 0.3) is 0 Å². The van der Waals surface area contributed by atoms with Crippen molar-refractivity contribution in [2.75, 3.05) is 6.54 Å². The molecule has 36 heavy (non-hydrogen) atoms. The van der Waals surface area contributed by atoms with Crippen molar-refractivity contribution in [3.63, 3.8) is 0 Å². The first kappa shape index (κ1) is 28.9. The zero-order valence-corrected chi connectivity index (χ0v) is 21.9. The predicted molar refractivity (Wildman–Crippen MR) is 137 cm³/mol. The molecular weight excluding hydrogens is 462 g/mol. The van der Waals surface area contributed by atoms with E-state index < -0.39 is 35.5 Å². The number of hydrogen-bond donors (Lipinski definition) is 4. The van der Waals surface area contributed by atoms with E-state index in [-0.39, 0.29) is 18.8 Å². The Kier molecular flexibility index (Phi) is 10.1. The number of carbonyl (C=O) groups is 2. The van der Waals surface area contributed by atoms with Crippen molar-refractivity contribution in [2.45, 2.75) is 77.9 Å². The van der Waals surface area contributed by atoms with Crippen molar-refractivity contribution >= 4 is 12.2 Å². The van der Waals surface area contributed by atoms with Gasteiger partial charge >= 0.3 is 12.2 Å². The predicted octanol–water partition coefficient (Wildman–Crippen LogP) is 4.13. The van der Waals surface area contributed by atoms with E-state index >= 15 is 0 Å². The molecule has 2 atom stereocenters. The van der Waals surface area contributed by atoms with E-state index in [9.17, 15) is 19.8 Å². The lowest BCUT2D eigenvalue weighted by atomic mass is 10.0. The van der Waals surface area contributed by atoms with E-state index in [1.54, 1.807) is 65.8 Å². The molecule has 0 bridgehead atoms. The Balaban J connectivity index is 2.22. The second kappa shape index (κ2) is 12.6. The molecule has 2 aromatic carbocycles. The molecule has 0 aliphatic heterocycles. The number of phenolic OH excluding ortho intramolecular Hbond substituents is 1. The molecule has 0 unspecified atom stereocenters. The Labute approximate surface area is 213 Å². The van der Waals surface area contributed by atoms with Crippen LogP contribution in [0.3, 0.4) is 0 Å². The van der Waals surface area contributed by atoms with Crippen molar-refractivity contribution in [2.24, 2.45) is 0 Å². The molecule has 4 N–H and O–H groups in total. The van der Waals surface area contributed by atoms with Crippen molar-refractivity contribution in [3.8, 4) is 5.75 Å².